The summed E-state index contributed by atoms with van der Waals surface area (Å²) < 4.78 is 15.5. The van der Waals surface area contributed by atoms with E-state index in [1.165, 1.54) is 0 Å². The maximum Gasteiger partial charge on any atom is 0.134 e. The van der Waals surface area contributed by atoms with Gasteiger partial charge in [0.1, 0.15) is 5.82 Å². The zero-order chi connectivity index (χ0) is 17.5. The number of rotatable bonds is 2. The SMILES string of the molecule is CC1=CC(C)(C)N(C)c2cc(F)c(C=Nc3ccc(Br)cc3)cc21. The summed E-state index contributed by atoms with van der Waals surface area (Å²) in [6, 6.07) is 11.1. The van der Waals surface area contributed by atoms with Crippen LogP contribution >= 0.6 is 15.9 Å². The van der Waals surface area contributed by atoms with Gasteiger partial charge in [0.2, 0.25) is 0 Å². The zero-order valence-corrected chi connectivity index (χ0v) is 15.9. The van der Waals surface area contributed by atoms with E-state index in [4.69, 9.17) is 0 Å². The van der Waals surface area contributed by atoms with E-state index in [0.717, 1.165) is 27.0 Å². The third-order valence-corrected chi connectivity index (χ3v) is 5.04. The van der Waals surface area contributed by atoms with Crippen molar-refractivity contribution in [2.24, 2.45) is 4.99 Å². The Morgan fingerprint density at radius 1 is 1.17 bits per heavy atom. The normalized spacial score (nSPS) is 16.2. The number of nitrogens with zero attached hydrogens (tertiary/aromatic N) is 2. The van der Waals surface area contributed by atoms with Crippen LogP contribution in [0.5, 0.6) is 0 Å². The third kappa shape index (κ3) is 3.16. The summed E-state index contributed by atoms with van der Waals surface area (Å²) in [5, 5.41) is 0. The Labute approximate surface area is 150 Å². The number of hydrogen-bond acceptors (Lipinski definition) is 2. The second kappa shape index (κ2) is 6.17. The van der Waals surface area contributed by atoms with Crippen molar-refractivity contribution in [2.75, 3.05) is 11.9 Å². The van der Waals surface area contributed by atoms with Crippen molar-refractivity contribution in [1.29, 1.82) is 0 Å². The molecule has 1 aliphatic heterocycles. The van der Waals surface area contributed by atoms with Gasteiger partial charge in [-0.1, -0.05) is 22.0 Å². The van der Waals surface area contributed by atoms with Gasteiger partial charge in [-0.2, -0.15) is 0 Å². The molecule has 124 valence electrons. The maximum absolute atomic E-state index is 14.6. The minimum atomic E-state index is -0.257. The Hall–Kier alpha value is -1.94. The van der Waals surface area contributed by atoms with Crippen LogP contribution in [0.2, 0.25) is 0 Å². The number of hydrogen-bond donors (Lipinski definition) is 0. The second-order valence-corrected chi connectivity index (χ2v) is 7.58. The summed E-state index contributed by atoms with van der Waals surface area (Å²) in [6.45, 7) is 6.32. The molecule has 0 fully saturated rings. The molecule has 0 aliphatic carbocycles. The van der Waals surface area contributed by atoms with Crippen LogP contribution in [0.15, 0.2) is 51.9 Å². The van der Waals surface area contributed by atoms with E-state index in [-0.39, 0.29) is 11.4 Å². The van der Waals surface area contributed by atoms with Gasteiger partial charge >= 0.3 is 0 Å². The monoisotopic (exact) mass is 386 g/mol. The Kier molecular flexibility index (Phi) is 4.35. The highest BCUT2D eigenvalue weighted by Gasteiger charge is 2.29. The quantitative estimate of drug-likeness (QED) is 0.580. The minimum absolute atomic E-state index is 0.128. The molecule has 24 heavy (non-hydrogen) atoms. The Morgan fingerprint density at radius 3 is 2.50 bits per heavy atom. The van der Waals surface area contributed by atoms with Crippen molar-refractivity contribution in [3.8, 4) is 0 Å². The van der Waals surface area contributed by atoms with Crippen LogP contribution in [0.1, 0.15) is 31.9 Å². The number of aliphatic imine (C=N–C) groups is 1. The first-order chi connectivity index (χ1) is 11.3. The highest BCUT2D eigenvalue weighted by Crippen LogP contribution is 2.38. The molecule has 2 aromatic rings. The lowest BCUT2D eigenvalue weighted by Crippen LogP contribution is -2.42. The molecular weight excluding hydrogens is 367 g/mol. The first-order valence-electron chi connectivity index (χ1n) is 7.85. The lowest BCUT2D eigenvalue weighted by Gasteiger charge is -2.40. The average molecular weight is 387 g/mol. The first kappa shape index (κ1) is 16.9. The smallest absolute Gasteiger partial charge is 0.134 e. The van der Waals surface area contributed by atoms with Crippen LogP contribution < -0.4 is 4.90 Å². The molecule has 0 aromatic heterocycles. The Bertz CT molecular complexity index is 835. The molecule has 4 heteroatoms. The first-order valence-corrected chi connectivity index (χ1v) is 8.64. The molecular formula is C20H20BrFN2. The number of benzene rings is 2. The molecule has 0 saturated carbocycles. The Balaban J connectivity index is 2.00. The van der Waals surface area contributed by atoms with Crippen LogP contribution in [0.25, 0.3) is 5.57 Å². The molecule has 1 heterocycles. The van der Waals surface area contributed by atoms with Crippen molar-refractivity contribution in [3.05, 3.63) is 63.9 Å². The molecule has 0 saturated heterocycles. The summed E-state index contributed by atoms with van der Waals surface area (Å²) in [6.07, 6.45) is 3.80. The van der Waals surface area contributed by atoms with E-state index < -0.39 is 0 Å². The van der Waals surface area contributed by atoms with Crippen LogP contribution in [-0.4, -0.2) is 18.8 Å². The summed E-state index contributed by atoms with van der Waals surface area (Å²) in [5.74, 6) is -0.257. The van der Waals surface area contributed by atoms with Gasteiger partial charge in [-0.15, -0.1) is 0 Å². The highest BCUT2D eigenvalue weighted by molar-refractivity contribution is 9.10. The van der Waals surface area contributed by atoms with Crippen molar-refractivity contribution in [2.45, 2.75) is 26.3 Å². The van der Waals surface area contributed by atoms with Crippen LogP contribution in [0.4, 0.5) is 15.8 Å². The summed E-state index contributed by atoms with van der Waals surface area (Å²) in [5.41, 5.74) is 4.29. The van der Waals surface area contributed by atoms with Gasteiger partial charge < -0.3 is 4.90 Å². The van der Waals surface area contributed by atoms with Gasteiger partial charge in [0.05, 0.1) is 11.2 Å². The van der Waals surface area contributed by atoms with E-state index in [9.17, 15) is 4.39 Å². The van der Waals surface area contributed by atoms with Gasteiger partial charge in [-0.3, -0.25) is 4.99 Å². The summed E-state index contributed by atoms with van der Waals surface area (Å²) in [4.78, 5) is 6.49. The zero-order valence-electron chi connectivity index (χ0n) is 14.3. The molecule has 0 atom stereocenters. The van der Waals surface area contributed by atoms with E-state index >= 15 is 0 Å². The number of likely N-dealkylation sites (N-methyl/N-ethyl adjacent to an activating group) is 1. The van der Waals surface area contributed by atoms with Gasteiger partial charge in [-0.05, 0) is 62.7 Å². The molecule has 3 rings (SSSR count). The number of fused-ring (bicyclic) bond motifs is 1. The average Bonchev–Trinajstić information content (AvgIpc) is 2.52. The Morgan fingerprint density at radius 2 is 1.83 bits per heavy atom. The largest absolute Gasteiger partial charge is 0.365 e. The molecule has 0 amide bonds. The third-order valence-electron chi connectivity index (χ3n) is 4.51. The lowest BCUT2D eigenvalue weighted by atomic mass is 9.88. The second-order valence-electron chi connectivity index (χ2n) is 6.67. The summed E-state index contributed by atoms with van der Waals surface area (Å²) in [7, 11) is 2.00. The van der Waals surface area contributed by atoms with Gasteiger partial charge in [0, 0.05) is 34.5 Å². The molecule has 0 radical (unpaired) electrons. The van der Waals surface area contributed by atoms with Gasteiger partial charge in [-0.25, -0.2) is 4.39 Å². The van der Waals surface area contributed by atoms with Crippen molar-refractivity contribution >= 4 is 39.1 Å². The lowest BCUT2D eigenvalue weighted by molar-refractivity contribution is 0.589. The van der Waals surface area contributed by atoms with E-state index in [2.05, 4.69) is 52.7 Å². The highest BCUT2D eigenvalue weighted by atomic mass is 79.9. The molecule has 0 unspecified atom stereocenters. The number of anilines is 1. The summed E-state index contributed by atoms with van der Waals surface area (Å²) >= 11 is 3.39. The van der Waals surface area contributed by atoms with Crippen LogP contribution in [0.3, 0.4) is 0 Å². The number of halogens is 2. The standard InChI is InChI=1S/C20H20BrFN2/c1-13-11-20(2,3)24(4)19-10-18(22)14(9-17(13)19)12-23-16-7-5-15(21)6-8-16/h5-12H,1-4H3. The van der Waals surface area contributed by atoms with Gasteiger partial charge in [0.25, 0.3) is 0 Å². The molecule has 1 aliphatic rings. The molecule has 2 aromatic carbocycles. The molecule has 0 bridgehead atoms. The predicted octanol–water partition coefficient (Wildman–Crippen LogP) is 5.97. The van der Waals surface area contributed by atoms with Crippen LogP contribution in [-0.2, 0) is 0 Å². The fraction of sp³-hybridized carbons (Fsp3) is 0.250. The fourth-order valence-electron chi connectivity index (χ4n) is 2.96. The van der Waals surface area contributed by atoms with E-state index in [1.807, 2.05) is 37.4 Å². The number of allylic oxidation sites excluding steroid dienone is 1. The van der Waals surface area contributed by atoms with Crippen molar-refractivity contribution in [3.63, 3.8) is 0 Å². The molecule has 0 N–H and O–H groups in total. The molecule has 0 spiro atoms. The fourth-order valence-corrected chi connectivity index (χ4v) is 3.22. The van der Waals surface area contributed by atoms with Gasteiger partial charge in [0.15, 0.2) is 0 Å². The van der Waals surface area contributed by atoms with E-state index in [0.29, 0.717) is 5.56 Å². The molecule has 2 nitrogen and oxygen atoms in total. The predicted molar refractivity (Wildman–Crippen MR) is 104 cm³/mol. The van der Waals surface area contributed by atoms with Crippen molar-refractivity contribution in [1.82, 2.24) is 0 Å². The van der Waals surface area contributed by atoms with Crippen molar-refractivity contribution < 1.29 is 4.39 Å². The van der Waals surface area contributed by atoms with E-state index in [1.54, 1.807) is 12.3 Å². The van der Waals surface area contributed by atoms with Crippen LogP contribution in [0, 0.1) is 5.82 Å². The maximum atomic E-state index is 14.6. The minimum Gasteiger partial charge on any atom is -0.365 e. The topological polar surface area (TPSA) is 15.6 Å².